The van der Waals surface area contributed by atoms with Crippen molar-refractivity contribution in [2.75, 3.05) is 19.0 Å². The number of hydrogen-bond donors (Lipinski definition) is 2. The van der Waals surface area contributed by atoms with Crippen molar-refractivity contribution < 1.29 is 36.5 Å². The van der Waals surface area contributed by atoms with Gasteiger partial charge >= 0.3 is 10.1 Å². The molecule has 1 aliphatic heterocycles. The number of nitrogens with one attached hydrogen (secondary N) is 1. The zero-order chi connectivity index (χ0) is 25.9. The summed E-state index contributed by atoms with van der Waals surface area (Å²) in [5.41, 5.74) is 5.77. The van der Waals surface area contributed by atoms with E-state index < -0.39 is 33.7 Å². The number of primary amides is 1. The summed E-state index contributed by atoms with van der Waals surface area (Å²) < 4.78 is 35.9. The van der Waals surface area contributed by atoms with Crippen LogP contribution in [0, 0.1) is 0 Å². The highest BCUT2D eigenvalue weighted by atomic mass is 35.5. The van der Waals surface area contributed by atoms with Crippen molar-refractivity contribution in [3.8, 4) is 11.5 Å². The van der Waals surface area contributed by atoms with Crippen LogP contribution >= 0.6 is 23.4 Å². The minimum absolute atomic E-state index is 0.00918. The Bertz CT molecular complexity index is 1360. The van der Waals surface area contributed by atoms with Gasteiger partial charge in [0.05, 0.1) is 17.0 Å². The molecule has 14 heteroatoms. The highest BCUT2D eigenvalue weighted by Crippen LogP contribution is 2.40. The molecule has 184 valence electrons. The Morgan fingerprint density at radius 2 is 1.86 bits per heavy atom. The minimum atomic E-state index is -4.33. The number of nitrogens with zero attached hydrogens (tertiary/aromatic N) is 1. The Hall–Kier alpha value is -3.55. The second-order valence-electron chi connectivity index (χ2n) is 7.01. The van der Waals surface area contributed by atoms with Crippen molar-refractivity contribution in [3.63, 3.8) is 0 Å². The van der Waals surface area contributed by atoms with Gasteiger partial charge in [0.25, 0.3) is 11.1 Å². The molecule has 0 unspecified atom stereocenters. The molecule has 1 fully saturated rings. The Morgan fingerprint density at radius 3 is 2.43 bits per heavy atom. The summed E-state index contributed by atoms with van der Waals surface area (Å²) in [5.74, 6) is -2.21. The van der Waals surface area contributed by atoms with Crippen LogP contribution in [0.3, 0.4) is 0 Å². The van der Waals surface area contributed by atoms with E-state index in [1.54, 1.807) is 0 Å². The molecule has 1 saturated heterocycles. The molecular formula is C21H18ClN3O8S2. The number of imide groups is 1. The Kier molecular flexibility index (Phi) is 7.73. The van der Waals surface area contributed by atoms with Crippen LogP contribution in [-0.2, 0) is 24.5 Å². The monoisotopic (exact) mass is 539 g/mol. The quantitative estimate of drug-likeness (QED) is 0.379. The van der Waals surface area contributed by atoms with Crippen LogP contribution in [-0.4, -0.2) is 49.9 Å². The fraction of sp³-hybridized carbons (Fsp3) is 0.143. The Labute approximate surface area is 209 Å². The van der Waals surface area contributed by atoms with Gasteiger partial charge in [-0.05, 0) is 59.8 Å². The zero-order valence-electron chi connectivity index (χ0n) is 18.2. The van der Waals surface area contributed by atoms with E-state index >= 15 is 0 Å². The van der Waals surface area contributed by atoms with Crippen LogP contribution in [0.25, 0.3) is 6.08 Å². The SMILES string of the molecule is COc1cc(/C=C2\SC(=O)N(CC(N)=O)C2=O)cc(Cl)c1OS(=O)(=O)c1ccc(NC(C)=O)cc1. The molecule has 35 heavy (non-hydrogen) atoms. The largest absolute Gasteiger partial charge is 0.493 e. The molecule has 1 heterocycles. The number of amides is 4. The lowest BCUT2D eigenvalue weighted by Crippen LogP contribution is -2.36. The first-order valence-corrected chi connectivity index (χ1v) is 12.2. The van der Waals surface area contributed by atoms with E-state index in [-0.39, 0.29) is 32.2 Å². The summed E-state index contributed by atoms with van der Waals surface area (Å²) in [5, 5.41) is 1.71. The maximum absolute atomic E-state index is 12.8. The number of carbonyl (C=O) groups excluding carboxylic acids is 4. The van der Waals surface area contributed by atoms with Gasteiger partial charge in [-0.25, -0.2) is 0 Å². The average Bonchev–Trinajstić information content (AvgIpc) is 3.02. The first kappa shape index (κ1) is 26.1. The lowest BCUT2D eigenvalue weighted by Gasteiger charge is -2.14. The number of ether oxygens (including phenoxy) is 1. The van der Waals surface area contributed by atoms with E-state index in [1.165, 1.54) is 56.5 Å². The standard InChI is InChI=1S/C21H18ClN3O8S2/c1-11(26)24-13-3-5-14(6-4-13)35(30,31)33-19-15(22)7-12(8-16(19)32-2)9-17-20(28)25(10-18(23)27)21(29)34-17/h3-9H,10H2,1-2H3,(H2,23,27)(H,24,26)/b17-9-. The van der Waals surface area contributed by atoms with E-state index in [0.717, 1.165) is 0 Å². The molecule has 11 nitrogen and oxygen atoms in total. The normalized spacial score (nSPS) is 14.8. The van der Waals surface area contributed by atoms with Crippen molar-refractivity contribution in [1.82, 2.24) is 4.90 Å². The first-order valence-electron chi connectivity index (χ1n) is 9.64. The zero-order valence-corrected chi connectivity index (χ0v) is 20.6. The van der Waals surface area contributed by atoms with Gasteiger partial charge < -0.3 is 20.0 Å². The van der Waals surface area contributed by atoms with E-state index in [0.29, 0.717) is 27.9 Å². The van der Waals surface area contributed by atoms with Crippen molar-refractivity contribution in [2.24, 2.45) is 5.73 Å². The maximum Gasteiger partial charge on any atom is 0.339 e. The molecule has 0 atom stereocenters. The molecule has 3 N–H and O–H groups in total. The first-order chi connectivity index (χ1) is 16.4. The van der Waals surface area contributed by atoms with Crippen molar-refractivity contribution in [3.05, 3.63) is 51.9 Å². The lowest BCUT2D eigenvalue weighted by atomic mass is 10.2. The van der Waals surface area contributed by atoms with Crippen LogP contribution in [0.5, 0.6) is 11.5 Å². The predicted molar refractivity (Wildman–Crippen MR) is 128 cm³/mol. The van der Waals surface area contributed by atoms with Gasteiger partial charge in [-0.2, -0.15) is 8.42 Å². The molecule has 4 amide bonds. The predicted octanol–water partition coefficient (Wildman–Crippen LogP) is 2.60. The summed E-state index contributed by atoms with van der Waals surface area (Å²) in [4.78, 5) is 47.1. The number of carbonyl (C=O) groups is 4. The molecule has 2 aromatic carbocycles. The third-order valence-electron chi connectivity index (χ3n) is 4.39. The molecule has 0 saturated carbocycles. The molecule has 0 radical (unpaired) electrons. The van der Waals surface area contributed by atoms with Crippen LogP contribution in [0.2, 0.25) is 5.02 Å². The molecule has 0 aromatic heterocycles. The number of halogens is 1. The van der Waals surface area contributed by atoms with Gasteiger partial charge in [0, 0.05) is 12.6 Å². The van der Waals surface area contributed by atoms with E-state index in [2.05, 4.69) is 5.32 Å². The summed E-state index contributed by atoms with van der Waals surface area (Å²) >= 11 is 6.87. The van der Waals surface area contributed by atoms with E-state index in [9.17, 15) is 27.6 Å². The third-order valence-corrected chi connectivity index (χ3v) is 6.82. The highest BCUT2D eigenvalue weighted by Gasteiger charge is 2.36. The summed E-state index contributed by atoms with van der Waals surface area (Å²) in [7, 11) is -3.07. The number of benzene rings is 2. The van der Waals surface area contributed by atoms with Crippen molar-refractivity contribution >= 4 is 68.2 Å². The van der Waals surface area contributed by atoms with Crippen LogP contribution in [0.15, 0.2) is 46.2 Å². The summed E-state index contributed by atoms with van der Waals surface area (Å²) in [6, 6.07) is 7.96. The molecule has 0 bridgehead atoms. The fourth-order valence-electron chi connectivity index (χ4n) is 2.91. The topological polar surface area (TPSA) is 162 Å². The molecule has 1 aliphatic rings. The third kappa shape index (κ3) is 6.12. The molecular weight excluding hydrogens is 522 g/mol. The minimum Gasteiger partial charge on any atom is -0.493 e. The lowest BCUT2D eigenvalue weighted by molar-refractivity contribution is -0.127. The van der Waals surface area contributed by atoms with Crippen LogP contribution in [0.1, 0.15) is 12.5 Å². The molecule has 2 aromatic rings. The number of rotatable bonds is 8. The highest BCUT2D eigenvalue weighted by molar-refractivity contribution is 8.18. The number of hydrogen-bond acceptors (Lipinski definition) is 9. The van der Waals surface area contributed by atoms with E-state index in [4.69, 9.17) is 26.3 Å². The van der Waals surface area contributed by atoms with Gasteiger partial charge in [-0.1, -0.05) is 11.6 Å². The number of methoxy groups -OCH3 is 1. The second kappa shape index (κ2) is 10.4. The van der Waals surface area contributed by atoms with Gasteiger partial charge in [0.2, 0.25) is 17.6 Å². The van der Waals surface area contributed by atoms with Crippen molar-refractivity contribution in [2.45, 2.75) is 11.8 Å². The fourth-order valence-corrected chi connectivity index (χ4v) is 5.01. The Morgan fingerprint density at radius 1 is 1.20 bits per heavy atom. The molecule has 0 aliphatic carbocycles. The maximum atomic E-state index is 12.8. The van der Waals surface area contributed by atoms with Gasteiger partial charge in [0.15, 0.2) is 5.75 Å². The van der Waals surface area contributed by atoms with Gasteiger partial charge in [-0.3, -0.25) is 24.1 Å². The van der Waals surface area contributed by atoms with Crippen molar-refractivity contribution in [1.29, 1.82) is 0 Å². The number of anilines is 1. The summed E-state index contributed by atoms with van der Waals surface area (Å²) in [6.45, 7) is 0.764. The number of nitrogens with two attached hydrogens (primary N) is 1. The van der Waals surface area contributed by atoms with E-state index in [1.807, 2.05) is 0 Å². The van der Waals surface area contributed by atoms with Gasteiger partial charge in [-0.15, -0.1) is 0 Å². The van der Waals surface area contributed by atoms with Crippen LogP contribution < -0.4 is 20.0 Å². The molecule has 0 spiro atoms. The Balaban J connectivity index is 1.89. The summed E-state index contributed by atoms with van der Waals surface area (Å²) in [6.07, 6.45) is 1.33. The molecule has 3 rings (SSSR count). The van der Waals surface area contributed by atoms with Crippen LogP contribution in [0.4, 0.5) is 10.5 Å². The average molecular weight is 540 g/mol. The number of thioether (sulfide) groups is 1. The second-order valence-corrected chi connectivity index (χ2v) is 9.96. The smallest absolute Gasteiger partial charge is 0.339 e. The van der Waals surface area contributed by atoms with Gasteiger partial charge in [0.1, 0.15) is 11.4 Å².